The van der Waals surface area contributed by atoms with E-state index in [0.717, 1.165) is 29.0 Å². The second-order valence-electron chi connectivity index (χ2n) is 9.59. The van der Waals surface area contributed by atoms with Gasteiger partial charge >= 0.3 is 6.03 Å². The van der Waals surface area contributed by atoms with Gasteiger partial charge in [0.2, 0.25) is 17.6 Å². The number of nitrogens with one attached hydrogen (secondary N) is 1. The van der Waals surface area contributed by atoms with E-state index >= 15 is 0 Å². The number of fused-ring (bicyclic) bond motifs is 1. The number of nitrogens with zero attached hydrogens (tertiary/aromatic N) is 3. The highest BCUT2D eigenvalue weighted by Crippen LogP contribution is 2.38. The Labute approximate surface area is 209 Å². The molecular formula is C27H30N4O5. The van der Waals surface area contributed by atoms with Gasteiger partial charge in [0.25, 0.3) is 0 Å². The van der Waals surface area contributed by atoms with Crippen LogP contribution in [0, 0.1) is 5.92 Å². The van der Waals surface area contributed by atoms with Crippen LogP contribution in [0.2, 0.25) is 0 Å². The first-order chi connectivity index (χ1) is 17.4. The minimum atomic E-state index is -0.368. The maximum Gasteiger partial charge on any atom is 0.324 e. The molecule has 9 heteroatoms. The fourth-order valence-corrected chi connectivity index (χ4v) is 4.92. The van der Waals surface area contributed by atoms with E-state index in [4.69, 9.17) is 14.0 Å². The molecule has 9 nitrogen and oxygen atoms in total. The van der Waals surface area contributed by atoms with E-state index in [1.807, 2.05) is 62.4 Å². The topological polar surface area (TPSA) is 107 Å². The third kappa shape index (κ3) is 4.91. The maximum atomic E-state index is 13.2. The number of carbonyl (C=O) groups excluding carboxylic acids is 2. The molecule has 0 bridgehead atoms. The van der Waals surface area contributed by atoms with Crippen LogP contribution in [-0.2, 0) is 11.3 Å². The number of methoxy groups -OCH3 is 1. The second kappa shape index (κ2) is 10.0. The summed E-state index contributed by atoms with van der Waals surface area (Å²) in [6, 6.07) is 14.3. The van der Waals surface area contributed by atoms with Crippen LogP contribution in [0.3, 0.4) is 0 Å². The van der Waals surface area contributed by atoms with Crippen molar-refractivity contribution in [2.75, 3.05) is 7.11 Å². The number of amides is 3. The van der Waals surface area contributed by atoms with Gasteiger partial charge in [-0.05, 0) is 75.1 Å². The van der Waals surface area contributed by atoms with Crippen LogP contribution < -0.4 is 14.8 Å². The summed E-state index contributed by atoms with van der Waals surface area (Å²) in [6.45, 7) is 4.19. The quantitative estimate of drug-likeness (QED) is 0.518. The van der Waals surface area contributed by atoms with Gasteiger partial charge in [-0.25, -0.2) is 4.79 Å². The SMILES string of the molecule is COc1ccc(CN2C(=O)NC3CC(c4nc(-c5ccc(OC(C)C)cc5)no4)CCC3C2=O)cc1. The highest BCUT2D eigenvalue weighted by Gasteiger charge is 2.45. The zero-order valence-electron chi connectivity index (χ0n) is 20.6. The molecule has 0 spiro atoms. The van der Waals surface area contributed by atoms with Crippen LogP contribution in [0.25, 0.3) is 11.4 Å². The summed E-state index contributed by atoms with van der Waals surface area (Å²) in [5.74, 6) is 2.16. The third-order valence-electron chi connectivity index (χ3n) is 6.76. The molecule has 3 amide bonds. The van der Waals surface area contributed by atoms with Crippen molar-refractivity contribution in [1.29, 1.82) is 0 Å². The molecule has 2 fully saturated rings. The Balaban J connectivity index is 1.23. The smallest absolute Gasteiger partial charge is 0.324 e. The number of hydrogen-bond donors (Lipinski definition) is 1. The van der Waals surface area contributed by atoms with Gasteiger partial charge in [-0.15, -0.1) is 0 Å². The summed E-state index contributed by atoms with van der Waals surface area (Å²) in [4.78, 5) is 31.9. The fourth-order valence-electron chi connectivity index (χ4n) is 4.92. The summed E-state index contributed by atoms with van der Waals surface area (Å²) in [7, 11) is 1.60. The molecule has 36 heavy (non-hydrogen) atoms. The molecule has 3 atom stereocenters. The molecule has 1 saturated carbocycles. The Morgan fingerprint density at radius 3 is 2.47 bits per heavy atom. The van der Waals surface area contributed by atoms with Crippen molar-refractivity contribution < 1.29 is 23.6 Å². The van der Waals surface area contributed by atoms with Crippen molar-refractivity contribution in [1.82, 2.24) is 20.4 Å². The average Bonchev–Trinajstić information content (AvgIpc) is 3.37. The van der Waals surface area contributed by atoms with Crippen molar-refractivity contribution in [3.05, 3.63) is 60.0 Å². The maximum absolute atomic E-state index is 13.2. The first-order valence-corrected chi connectivity index (χ1v) is 12.3. The van der Waals surface area contributed by atoms with E-state index in [1.165, 1.54) is 4.90 Å². The zero-order valence-corrected chi connectivity index (χ0v) is 20.6. The summed E-state index contributed by atoms with van der Waals surface area (Å²) in [5, 5.41) is 7.20. The van der Waals surface area contributed by atoms with Crippen LogP contribution in [0.4, 0.5) is 4.79 Å². The largest absolute Gasteiger partial charge is 0.497 e. The summed E-state index contributed by atoms with van der Waals surface area (Å²) in [5.41, 5.74) is 1.71. The van der Waals surface area contributed by atoms with Crippen LogP contribution in [0.15, 0.2) is 53.1 Å². The van der Waals surface area contributed by atoms with E-state index in [1.54, 1.807) is 7.11 Å². The van der Waals surface area contributed by atoms with Gasteiger partial charge in [-0.3, -0.25) is 9.69 Å². The van der Waals surface area contributed by atoms with Gasteiger partial charge in [0.15, 0.2) is 0 Å². The van der Waals surface area contributed by atoms with E-state index in [0.29, 0.717) is 24.6 Å². The van der Waals surface area contributed by atoms with E-state index in [-0.39, 0.29) is 42.5 Å². The average molecular weight is 491 g/mol. The Bertz CT molecular complexity index is 1220. The van der Waals surface area contributed by atoms with Crippen molar-refractivity contribution in [2.24, 2.45) is 5.92 Å². The summed E-state index contributed by atoms with van der Waals surface area (Å²) in [6.07, 6.45) is 2.07. The number of ether oxygens (including phenoxy) is 2. The lowest BCUT2D eigenvalue weighted by atomic mass is 9.76. The predicted molar refractivity (Wildman–Crippen MR) is 131 cm³/mol. The molecule has 1 aliphatic heterocycles. The van der Waals surface area contributed by atoms with E-state index < -0.39 is 0 Å². The van der Waals surface area contributed by atoms with Crippen LogP contribution in [0.5, 0.6) is 11.5 Å². The number of hydrogen-bond acceptors (Lipinski definition) is 7. The zero-order chi connectivity index (χ0) is 25.2. The molecule has 5 rings (SSSR count). The molecule has 1 N–H and O–H groups in total. The number of rotatable bonds is 7. The van der Waals surface area contributed by atoms with Gasteiger partial charge in [0.1, 0.15) is 11.5 Å². The Hall–Kier alpha value is -3.88. The van der Waals surface area contributed by atoms with E-state index in [2.05, 4.69) is 15.5 Å². The Morgan fingerprint density at radius 2 is 1.78 bits per heavy atom. The fraction of sp³-hybridized carbons (Fsp3) is 0.407. The van der Waals surface area contributed by atoms with Crippen LogP contribution in [0.1, 0.15) is 50.5 Å². The molecule has 2 aliphatic rings. The predicted octanol–water partition coefficient (Wildman–Crippen LogP) is 4.54. The van der Waals surface area contributed by atoms with Crippen molar-refractivity contribution in [2.45, 2.75) is 57.7 Å². The standard InChI is InChI=1S/C27H30N4O5/c1-16(2)35-21-11-6-18(7-12-21)24-29-25(36-30-24)19-8-13-22-23(14-19)28-27(33)31(26(22)32)15-17-4-9-20(34-3)10-5-17/h4-7,9-12,16,19,22-23H,8,13-15H2,1-3H3,(H,28,33). The second-order valence-corrected chi connectivity index (χ2v) is 9.59. The molecule has 3 aromatic rings. The Kier molecular flexibility index (Phi) is 6.63. The minimum Gasteiger partial charge on any atom is -0.497 e. The lowest BCUT2D eigenvalue weighted by Gasteiger charge is -2.41. The third-order valence-corrected chi connectivity index (χ3v) is 6.76. The van der Waals surface area contributed by atoms with Gasteiger partial charge < -0.3 is 19.3 Å². The molecular weight excluding hydrogens is 460 g/mol. The molecule has 1 aromatic heterocycles. The number of aromatic nitrogens is 2. The molecule has 188 valence electrons. The lowest BCUT2D eigenvalue weighted by molar-refractivity contribution is -0.137. The molecule has 3 unspecified atom stereocenters. The van der Waals surface area contributed by atoms with Gasteiger partial charge in [-0.2, -0.15) is 4.98 Å². The first kappa shape index (κ1) is 23.8. The van der Waals surface area contributed by atoms with Crippen LogP contribution >= 0.6 is 0 Å². The molecule has 1 saturated heterocycles. The molecule has 0 radical (unpaired) electrons. The molecule has 2 aromatic carbocycles. The number of carbonyl (C=O) groups is 2. The number of benzene rings is 2. The number of urea groups is 1. The minimum absolute atomic E-state index is 0.0164. The Morgan fingerprint density at radius 1 is 1.06 bits per heavy atom. The summed E-state index contributed by atoms with van der Waals surface area (Å²) >= 11 is 0. The first-order valence-electron chi connectivity index (χ1n) is 12.3. The monoisotopic (exact) mass is 490 g/mol. The van der Waals surface area contributed by atoms with Crippen molar-refractivity contribution in [3.63, 3.8) is 0 Å². The van der Waals surface area contributed by atoms with Crippen molar-refractivity contribution >= 4 is 11.9 Å². The normalized spacial score (nSPS) is 21.8. The summed E-state index contributed by atoms with van der Waals surface area (Å²) < 4.78 is 16.5. The van der Waals surface area contributed by atoms with Gasteiger partial charge in [0.05, 0.1) is 25.7 Å². The molecule has 2 heterocycles. The van der Waals surface area contributed by atoms with Crippen LogP contribution in [-0.4, -0.2) is 46.2 Å². The lowest BCUT2D eigenvalue weighted by Crippen LogP contribution is -2.60. The van der Waals surface area contributed by atoms with Crippen molar-refractivity contribution in [3.8, 4) is 22.9 Å². The highest BCUT2D eigenvalue weighted by molar-refractivity contribution is 5.98. The molecule has 1 aliphatic carbocycles. The van der Waals surface area contributed by atoms with Gasteiger partial charge in [-0.1, -0.05) is 17.3 Å². The highest BCUT2D eigenvalue weighted by atomic mass is 16.5. The van der Waals surface area contributed by atoms with Gasteiger partial charge in [0, 0.05) is 17.5 Å². The van der Waals surface area contributed by atoms with E-state index in [9.17, 15) is 9.59 Å². The number of imide groups is 1.